The first kappa shape index (κ1) is 11.9. The number of rotatable bonds is 2. The van der Waals surface area contributed by atoms with Gasteiger partial charge in [-0.15, -0.1) is 0 Å². The predicted molar refractivity (Wildman–Crippen MR) is 73.3 cm³/mol. The molecule has 0 heterocycles. The van der Waals surface area contributed by atoms with E-state index in [1.54, 1.807) is 6.07 Å². The lowest BCUT2D eigenvalue weighted by atomic mass is 10.2. The summed E-state index contributed by atoms with van der Waals surface area (Å²) in [7, 11) is 0. The fraction of sp³-hybridized carbons (Fsp3) is 0.0714. The molecule has 0 atom stereocenters. The van der Waals surface area contributed by atoms with Crippen LogP contribution in [0.3, 0.4) is 0 Å². The van der Waals surface area contributed by atoms with Crippen LogP contribution < -0.4 is 5.32 Å². The molecular weight excluding hydrogens is 278 g/mol. The molecule has 2 nitrogen and oxygen atoms in total. The number of carbonyl (C=O) groups is 1. The van der Waals surface area contributed by atoms with E-state index < -0.39 is 0 Å². The van der Waals surface area contributed by atoms with Gasteiger partial charge in [0.25, 0.3) is 5.91 Å². The van der Waals surface area contributed by atoms with Crippen LogP contribution >= 0.6 is 15.9 Å². The zero-order valence-corrected chi connectivity index (χ0v) is 11.0. The normalized spacial score (nSPS) is 10.0. The van der Waals surface area contributed by atoms with Crippen molar-refractivity contribution in [2.75, 3.05) is 5.32 Å². The van der Waals surface area contributed by atoms with Gasteiger partial charge in [-0.25, -0.2) is 0 Å². The first-order chi connectivity index (χ1) is 8.16. The van der Waals surface area contributed by atoms with Gasteiger partial charge in [-0.2, -0.15) is 0 Å². The molecule has 0 bridgehead atoms. The van der Waals surface area contributed by atoms with Gasteiger partial charge in [0.1, 0.15) is 0 Å². The molecule has 86 valence electrons. The monoisotopic (exact) mass is 289 g/mol. The Morgan fingerprint density at radius 1 is 1.06 bits per heavy atom. The molecule has 0 aliphatic heterocycles. The summed E-state index contributed by atoms with van der Waals surface area (Å²) >= 11 is 3.36. The average molecular weight is 290 g/mol. The third-order valence-electron chi connectivity index (χ3n) is 2.43. The van der Waals surface area contributed by atoms with Gasteiger partial charge < -0.3 is 5.32 Å². The van der Waals surface area contributed by atoms with Gasteiger partial charge in [0.15, 0.2) is 0 Å². The van der Waals surface area contributed by atoms with Crippen molar-refractivity contribution in [2.24, 2.45) is 0 Å². The second-order valence-electron chi connectivity index (χ2n) is 3.80. The lowest BCUT2D eigenvalue weighted by molar-refractivity contribution is 0.102. The van der Waals surface area contributed by atoms with Crippen LogP contribution in [0.25, 0.3) is 0 Å². The van der Waals surface area contributed by atoms with Gasteiger partial charge in [0, 0.05) is 10.2 Å². The van der Waals surface area contributed by atoms with Crippen molar-refractivity contribution in [2.45, 2.75) is 6.92 Å². The number of anilines is 1. The van der Waals surface area contributed by atoms with Crippen LogP contribution in [-0.4, -0.2) is 5.91 Å². The summed E-state index contributed by atoms with van der Waals surface area (Å²) in [5, 5.41) is 2.86. The largest absolute Gasteiger partial charge is 0.322 e. The molecule has 0 unspecified atom stereocenters. The standard InChI is InChI=1S/C14H12BrNO/c1-10-6-8-11(9-7-10)16-14(17)12-4-2-3-5-13(12)15/h2-9H,1H3,(H,16,17). The summed E-state index contributed by atoms with van der Waals surface area (Å²) in [5.41, 5.74) is 2.60. The zero-order chi connectivity index (χ0) is 12.3. The molecule has 1 N–H and O–H groups in total. The fourth-order valence-corrected chi connectivity index (χ4v) is 1.95. The Hall–Kier alpha value is -1.61. The van der Waals surface area contributed by atoms with Crippen LogP contribution in [-0.2, 0) is 0 Å². The molecular formula is C14H12BrNO. The maximum atomic E-state index is 12.0. The minimum atomic E-state index is -0.110. The highest BCUT2D eigenvalue weighted by molar-refractivity contribution is 9.10. The molecule has 0 spiro atoms. The van der Waals surface area contributed by atoms with Crippen molar-refractivity contribution in [1.29, 1.82) is 0 Å². The number of benzene rings is 2. The van der Waals surface area contributed by atoms with Crippen molar-refractivity contribution < 1.29 is 4.79 Å². The topological polar surface area (TPSA) is 29.1 Å². The minimum Gasteiger partial charge on any atom is -0.322 e. The van der Waals surface area contributed by atoms with Gasteiger partial charge in [-0.05, 0) is 47.1 Å². The van der Waals surface area contributed by atoms with Crippen molar-refractivity contribution in [3.05, 3.63) is 64.1 Å². The summed E-state index contributed by atoms with van der Waals surface area (Å²) in [6.45, 7) is 2.01. The van der Waals surface area contributed by atoms with E-state index in [0.717, 1.165) is 10.2 Å². The summed E-state index contributed by atoms with van der Waals surface area (Å²) in [6, 6.07) is 15.1. The maximum absolute atomic E-state index is 12.0. The molecule has 1 amide bonds. The molecule has 0 aliphatic carbocycles. The van der Waals surface area contributed by atoms with Crippen molar-refractivity contribution in [3.8, 4) is 0 Å². The zero-order valence-electron chi connectivity index (χ0n) is 9.41. The Balaban J connectivity index is 2.17. The molecule has 0 saturated heterocycles. The van der Waals surface area contributed by atoms with Crippen LogP contribution in [0.1, 0.15) is 15.9 Å². The van der Waals surface area contributed by atoms with Crippen LogP contribution in [0.15, 0.2) is 53.0 Å². The number of hydrogen-bond donors (Lipinski definition) is 1. The van der Waals surface area contributed by atoms with E-state index in [4.69, 9.17) is 0 Å². The average Bonchev–Trinajstić information content (AvgIpc) is 2.32. The number of carbonyl (C=O) groups excluding carboxylic acids is 1. The summed E-state index contributed by atoms with van der Waals surface area (Å²) in [4.78, 5) is 12.0. The molecule has 0 radical (unpaired) electrons. The van der Waals surface area contributed by atoms with E-state index in [-0.39, 0.29) is 5.91 Å². The van der Waals surface area contributed by atoms with E-state index >= 15 is 0 Å². The SMILES string of the molecule is Cc1ccc(NC(=O)c2ccccc2Br)cc1. The summed E-state index contributed by atoms with van der Waals surface area (Å²) < 4.78 is 0.796. The van der Waals surface area contributed by atoms with Gasteiger partial charge in [0.2, 0.25) is 0 Å². The van der Waals surface area contributed by atoms with E-state index in [0.29, 0.717) is 5.56 Å². The highest BCUT2D eigenvalue weighted by atomic mass is 79.9. The number of nitrogens with one attached hydrogen (secondary N) is 1. The van der Waals surface area contributed by atoms with Gasteiger partial charge in [0.05, 0.1) is 5.56 Å². The third-order valence-corrected chi connectivity index (χ3v) is 3.12. The van der Waals surface area contributed by atoms with Crippen LogP contribution in [0, 0.1) is 6.92 Å². The van der Waals surface area contributed by atoms with Crippen molar-refractivity contribution in [3.63, 3.8) is 0 Å². The molecule has 0 aromatic heterocycles. The Morgan fingerprint density at radius 3 is 2.35 bits per heavy atom. The molecule has 2 aromatic rings. The van der Waals surface area contributed by atoms with Gasteiger partial charge >= 0.3 is 0 Å². The second kappa shape index (κ2) is 5.15. The van der Waals surface area contributed by atoms with Crippen molar-refractivity contribution in [1.82, 2.24) is 0 Å². The van der Waals surface area contributed by atoms with E-state index in [9.17, 15) is 4.79 Å². The number of aryl methyl sites for hydroxylation is 1. The molecule has 17 heavy (non-hydrogen) atoms. The number of halogens is 1. The lowest BCUT2D eigenvalue weighted by Gasteiger charge is -2.06. The maximum Gasteiger partial charge on any atom is 0.256 e. The number of hydrogen-bond acceptors (Lipinski definition) is 1. The lowest BCUT2D eigenvalue weighted by Crippen LogP contribution is -2.12. The van der Waals surface area contributed by atoms with Gasteiger partial charge in [-0.1, -0.05) is 29.8 Å². The van der Waals surface area contributed by atoms with Crippen LogP contribution in [0.4, 0.5) is 5.69 Å². The molecule has 0 saturated carbocycles. The highest BCUT2D eigenvalue weighted by Gasteiger charge is 2.08. The van der Waals surface area contributed by atoms with E-state index in [1.165, 1.54) is 5.56 Å². The van der Waals surface area contributed by atoms with Crippen LogP contribution in [0.5, 0.6) is 0 Å². The first-order valence-electron chi connectivity index (χ1n) is 5.29. The highest BCUT2D eigenvalue weighted by Crippen LogP contribution is 2.18. The molecule has 2 aromatic carbocycles. The predicted octanol–water partition coefficient (Wildman–Crippen LogP) is 4.01. The molecule has 0 aliphatic rings. The Labute approximate surface area is 109 Å². The molecule has 2 rings (SSSR count). The minimum absolute atomic E-state index is 0.110. The van der Waals surface area contributed by atoms with Gasteiger partial charge in [-0.3, -0.25) is 4.79 Å². The van der Waals surface area contributed by atoms with Crippen LogP contribution in [0.2, 0.25) is 0 Å². The quantitative estimate of drug-likeness (QED) is 0.889. The summed E-state index contributed by atoms with van der Waals surface area (Å²) in [5.74, 6) is -0.110. The first-order valence-corrected chi connectivity index (χ1v) is 6.08. The van der Waals surface area contributed by atoms with E-state index in [2.05, 4.69) is 21.2 Å². The molecule has 3 heteroatoms. The summed E-state index contributed by atoms with van der Waals surface area (Å²) in [6.07, 6.45) is 0. The second-order valence-corrected chi connectivity index (χ2v) is 4.65. The van der Waals surface area contributed by atoms with E-state index in [1.807, 2.05) is 49.4 Å². The Kier molecular flexibility index (Phi) is 3.59. The van der Waals surface area contributed by atoms with Crippen molar-refractivity contribution >= 4 is 27.5 Å². The Bertz CT molecular complexity index is 534. The molecule has 0 fully saturated rings. The fourth-order valence-electron chi connectivity index (χ4n) is 1.48. The Morgan fingerprint density at radius 2 is 1.71 bits per heavy atom. The number of amides is 1. The third kappa shape index (κ3) is 2.94. The smallest absolute Gasteiger partial charge is 0.256 e.